The zero-order valence-electron chi connectivity index (χ0n) is 12.9. The molecule has 3 N–H and O–H groups in total. The van der Waals surface area contributed by atoms with Gasteiger partial charge in [0.2, 0.25) is 5.91 Å². The standard InChI is InChI=1S/C15H25N3OS2/c1-3-4-10-5-6-12-13(9-10)21-15(17-12)18-14(19)11(16)7-8-20-2/h10-11H,3-9,16H2,1-2H3,(H,17,18,19)/t10?,11-/m0/s1. The van der Waals surface area contributed by atoms with Gasteiger partial charge in [-0.25, -0.2) is 4.98 Å². The number of anilines is 1. The fourth-order valence-corrected chi connectivity index (χ4v) is 4.34. The summed E-state index contributed by atoms with van der Waals surface area (Å²) in [4.78, 5) is 17.9. The molecule has 1 aliphatic rings. The van der Waals surface area contributed by atoms with Gasteiger partial charge in [-0.2, -0.15) is 11.8 Å². The fourth-order valence-electron chi connectivity index (χ4n) is 2.73. The number of nitrogens with two attached hydrogens (primary N) is 1. The molecule has 0 aliphatic heterocycles. The van der Waals surface area contributed by atoms with E-state index in [0.29, 0.717) is 6.42 Å². The minimum absolute atomic E-state index is 0.111. The van der Waals surface area contributed by atoms with Gasteiger partial charge in [-0.05, 0) is 43.6 Å². The highest BCUT2D eigenvalue weighted by Gasteiger charge is 2.23. The van der Waals surface area contributed by atoms with Gasteiger partial charge >= 0.3 is 0 Å². The Bertz CT molecular complexity index is 475. The number of aryl methyl sites for hydroxylation is 1. The van der Waals surface area contributed by atoms with Crippen LogP contribution in [-0.2, 0) is 17.6 Å². The SMILES string of the molecule is CCCC1CCc2nc(NC(=O)[C@@H](N)CCSC)sc2C1. The van der Waals surface area contributed by atoms with Crippen molar-refractivity contribution >= 4 is 34.1 Å². The quantitative estimate of drug-likeness (QED) is 0.807. The molecule has 1 unspecified atom stereocenters. The summed E-state index contributed by atoms with van der Waals surface area (Å²) >= 11 is 3.34. The summed E-state index contributed by atoms with van der Waals surface area (Å²) in [5.41, 5.74) is 7.07. The molecular weight excluding hydrogens is 302 g/mol. The summed E-state index contributed by atoms with van der Waals surface area (Å²) in [5, 5.41) is 3.61. The fraction of sp³-hybridized carbons (Fsp3) is 0.733. The Morgan fingerprint density at radius 3 is 3.14 bits per heavy atom. The van der Waals surface area contributed by atoms with Crippen molar-refractivity contribution in [1.29, 1.82) is 0 Å². The number of aromatic nitrogens is 1. The van der Waals surface area contributed by atoms with Crippen molar-refractivity contribution in [1.82, 2.24) is 4.98 Å². The molecule has 21 heavy (non-hydrogen) atoms. The molecule has 4 nitrogen and oxygen atoms in total. The van der Waals surface area contributed by atoms with E-state index >= 15 is 0 Å². The van der Waals surface area contributed by atoms with Crippen LogP contribution in [0.2, 0.25) is 0 Å². The molecule has 6 heteroatoms. The van der Waals surface area contributed by atoms with Crippen LogP contribution in [0.25, 0.3) is 0 Å². The number of hydrogen-bond donors (Lipinski definition) is 2. The minimum atomic E-state index is -0.439. The first kappa shape index (κ1) is 16.8. The maximum absolute atomic E-state index is 12.0. The van der Waals surface area contributed by atoms with Gasteiger partial charge in [0.1, 0.15) is 0 Å². The molecule has 2 rings (SSSR count). The molecule has 0 radical (unpaired) electrons. The van der Waals surface area contributed by atoms with Crippen molar-refractivity contribution in [2.45, 2.75) is 51.5 Å². The van der Waals surface area contributed by atoms with E-state index in [4.69, 9.17) is 5.73 Å². The van der Waals surface area contributed by atoms with Gasteiger partial charge in [-0.1, -0.05) is 19.8 Å². The van der Waals surface area contributed by atoms with E-state index in [-0.39, 0.29) is 5.91 Å². The summed E-state index contributed by atoms with van der Waals surface area (Å²) in [6, 6.07) is -0.439. The maximum Gasteiger partial charge on any atom is 0.243 e. The highest BCUT2D eigenvalue weighted by molar-refractivity contribution is 7.98. The number of nitrogens with zero attached hydrogens (tertiary/aromatic N) is 1. The Balaban J connectivity index is 1.92. The largest absolute Gasteiger partial charge is 0.320 e. The third-order valence-electron chi connectivity index (χ3n) is 3.94. The third kappa shape index (κ3) is 4.69. The Labute approximate surface area is 135 Å². The van der Waals surface area contributed by atoms with Crippen molar-refractivity contribution in [2.75, 3.05) is 17.3 Å². The molecule has 118 valence electrons. The van der Waals surface area contributed by atoms with Crippen LogP contribution >= 0.6 is 23.1 Å². The smallest absolute Gasteiger partial charge is 0.243 e. The number of nitrogens with one attached hydrogen (secondary N) is 1. The number of rotatable bonds is 7. The van der Waals surface area contributed by atoms with Crippen molar-refractivity contribution in [3.8, 4) is 0 Å². The van der Waals surface area contributed by atoms with Gasteiger partial charge in [0, 0.05) is 4.88 Å². The van der Waals surface area contributed by atoms with Gasteiger partial charge in [0.15, 0.2) is 5.13 Å². The molecule has 0 aromatic carbocycles. The average molecular weight is 328 g/mol. The van der Waals surface area contributed by atoms with Crippen LogP contribution in [0.15, 0.2) is 0 Å². The third-order valence-corrected chi connectivity index (χ3v) is 5.62. The Morgan fingerprint density at radius 1 is 1.62 bits per heavy atom. The van der Waals surface area contributed by atoms with Crippen LogP contribution in [0.5, 0.6) is 0 Å². The van der Waals surface area contributed by atoms with E-state index < -0.39 is 6.04 Å². The lowest BCUT2D eigenvalue weighted by molar-refractivity contribution is -0.117. The van der Waals surface area contributed by atoms with Crippen molar-refractivity contribution in [3.05, 3.63) is 10.6 Å². The second-order valence-electron chi connectivity index (χ2n) is 5.66. The second kappa shape index (κ2) is 8.15. The summed E-state index contributed by atoms with van der Waals surface area (Å²) in [6.45, 7) is 2.24. The van der Waals surface area contributed by atoms with Crippen LogP contribution in [0.4, 0.5) is 5.13 Å². The number of carbonyl (C=O) groups is 1. The van der Waals surface area contributed by atoms with Crippen LogP contribution in [0.3, 0.4) is 0 Å². The lowest BCUT2D eigenvalue weighted by atomic mass is 9.88. The zero-order chi connectivity index (χ0) is 15.2. The van der Waals surface area contributed by atoms with Crippen molar-refractivity contribution < 1.29 is 4.79 Å². The van der Waals surface area contributed by atoms with E-state index in [1.165, 1.54) is 29.8 Å². The van der Waals surface area contributed by atoms with Gasteiger partial charge in [0.25, 0.3) is 0 Å². The number of hydrogen-bond acceptors (Lipinski definition) is 5. The predicted octanol–water partition coefficient (Wildman–Crippen LogP) is 3.07. The van der Waals surface area contributed by atoms with Gasteiger partial charge in [-0.15, -0.1) is 11.3 Å². The molecule has 1 amide bonds. The summed E-state index contributed by atoms with van der Waals surface area (Å²) in [6.07, 6.45) is 8.65. The van der Waals surface area contributed by atoms with Gasteiger partial charge in [0.05, 0.1) is 11.7 Å². The zero-order valence-corrected chi connectivity index (χ0v) is 14.5. The maximum atomic E-state index is 12.0. The van der Waals surface area contributed by atoms with Crippen LogP contribution in [-0.4, -0.2) is 28.9 Å². The van der Waals surface area contributed by atoms with Gasteiger partial charge < -0.3 is 11.1 Å². The molecule has 0 spiro atoms. The molecule has 2 atom stereocenters. The monoisotopic (exact) mass is 327 g/mol. The molecule has 1 heterocycles. The molecule has 0 saturated heterocycles. The van der Waals surface area contributed by atoms with E-state index in [2.05, 4.69) is 17.2 Å². The minimum Gasteiger partial charge on any atom is -0.320 e. The lowest BCUT2D eigenvalue weighted by Gasteiger charge is -2.19. The number of thioether (sulfide) groups is 1. The first-order chi connectivity index (χ1) is 10.1. The van der Waals surface area contributed by atoms with E-state index in [1.54, 1.807) is 23.1 Å². The van der Waals surface area contributed by atoms with Crippen molar-refractivity contribution in [3.63, 3.8) is 0 Å². The summed E-state index contributed by atoms with van der Waals surface area (Å²) in [7, 11) is 0. The predicted molar refractivity (Wildman–Crippen MR) is 92.1 cm³/mol. The molecular formula is C15H25N3OS2. The molecule has 0 saturated carbocycles. The second-order valence-corrected chi connectivity index (χ2v) is 7.73. The lowest BCUT2D eigenvalue weighted by Crippen LogP contribution is -2.36. The average Bonchev–Trinajstić information content (AvgIpc) is 2.86. The van der Waals surface area contributed by atoms with Gasteiger partial charge in [-0.3, -0.25) is 4.79 Å². The molecule has 1 aromatic rings. The summed E-state index contributed by atoms with van der Waals surface area (Å²) in [5.74, 6) is 1.58. The highest BCUT2D eigenvalue weighted by Crippen LogP contribution is 2.34. The number of carbonyl (C=O) groups excluding carboxylic acids is 1. The topological polar surface area (TPSA) is 68.0 Å². The first-order valence-corrected chi connectivity index (χ1v) is 9.89. The molecule has 0 fully saturated rings. The first-order valence-electron chi connectivity index (χ1n) is 7.68. The normalized spacial score (nSPS) is 19.1. The molecule has 1 aromatic heterocycles. The Hall–Kier alpha value is -0.590. The number of fused-ring (bicyclic) bond motifs is 1. The van der Waals surface area contributed by atoms with Crippen molar-refractivity contribution in [2.24, 2.45) is 11.7 Å². The molecule has 0 bridgehead atoms. The Kier molecular flexibility index (Phi) is 6.51. The Morgan fingerprint density at radius 2 is 2.43 bits per heavy atom. The van der Waals surface area contributed by atoms with Crippen LogP contribution in [0.1, 0.15) is 43.2 Å². The van der Waals surface area contributed by atoms with E-state index in [1.807, 2.05) is 6.26 Å². The molecule has 1 aliphatic carbocycles. The van der Waals surface area contributed by atoms with E-state index in [9.17, 15) is 4.79 Å². The van der Waals surface area contributed by atoms with Crippen LogP contribution < -0.4 is 11.1 Å². The van der Waals surface area contributed by atoms with Crippen LogP contribution in [0, 0.1) is 5.92 Å². The highest BCUT2D eigenvalue weighted by atomic mass is 32.2. The van der Waals surface area contributed by atoms with E-state index in [0.717, 1.165) is 29.6 Å². The number of thiazole rings is 1. The summed E-state index contributed by atoms with van der Waals surface area (Å²) < 4.78 is 0. The number of amides is 1.